The largest absolute Gasteiger partial charge is 0.341 e. The molecule has 1 aliphatic heterocycles. The van der Waals surface area contributed by atoms with Gasteiger partial charge in [0.1, 0.15) is 11.9 Å². The summed E-state index contributed by atoms with van der Waals surface area (Å²) in [4.78, 5) is 40.8. The van der Waals surface area contributed by atoms with Crippen LogP contribution >= 0.6 is 0 Å². The lowest BCUT2D eigenvalue weighted by atomic mass is 9.91. The number of hydrogen-bond donors (Lipinski definition) is 1. The van der Waals surface area contributed by atoms with E-state index in [-0.39, 0.29) is 18.4 Å². The molecular formula is C27H27N7O3. The normalized spacial score (nSPS) is 18.2. The number of rotatable bonds is 7. The van der Waals surface area contributed by atoms with E-state index < -0.39 is 17.5 Å². The van der Waals surface area contributed by atoms with E-state index in [1.54, 1.807) is 31.2 Å². The summed E-state index contributed by atoms with van der Waals surface area (Å²) in [6.45, 7) is 7.20. The van der Waals surface area contributed by atoms with Crippen LogP contribution in [0.4, 0.5) is 4.79 Å². The van der Waals surface area contributed by atoms with Gasteiger partial charge in [0, 0.05) is 17.0 Å². The number of hydrogen-bond acceptors (Lipinski definition) is 6. The fourth-order valence-corrected chi connectivity index (χ4v) is 5.04. The second-order valence-electron chi connectivity index (χ2n) is 9.42. The van der Waals surface area contributed by atoms with Crippen LogP contribution < -0.4 is 5.32 Å². The molecule has 0 aliphatic carbocycles. The predicted octanol–water partition coefficient (Wildman–Crippen LogP) is 3.34. The van der Waals surface area contributed by atoms with Gasteiger partial charge < -0.3 is 9.88 Å². The zero-order valence-corrected chi connectivity index (χ0v) is 21.0. The topological polar surface area (TPSA) is 115 Å². The summed E-state index contributed by atoms with van der Waals surface area (Å²) in [5, 5.41) is 13.9. The Kier molecular flexibility index (Phi) is 5.94. The summed E-state index contributed by atoms with van der Waals surface area (Å²) in [6, 6.07) is 18.3. The van der Waals surface area contributed by atoms with Crippen LogP contribution in [0.25, 0.3) is 5.69 Å². The van der Waals surface area contributed by atoms with Crippen molar-refractivity contribution in [1.82, 2.24) is 35.0 Å². The van der Waals surface area contributed by atoms with Crippen LogP contribution in [0.15, 0.2) is 67.0 Å². The van der Waals surface area contributed by atoms with Crippen molar-refractivity contribution in [3.05, 3.63) is 95.1 Å². The molecule has 1 fully saturated rings. The van der Waals surface area contributed by atoms with Gasteiger partial charge in [-0.15, -0.1) is 5.10 Å². The number of aromatic nitrogens is 5. The highest BCUT2D eigenvalue weighted by Gasteiger charge is 2.49. The van der Waals surface area contributed by atoms with E-state index in [4.69, 9.17) is 0 Å². The molecule has 1 saturated heterocycles. The van der Waals surface area contributed by atoms with Crippen molar-refractivity contribution in [3.8, 4) is 5.69 Å². The number of ketones is 1. The molecule has 1 aliphatic rings. The quantitative estimate of drug-likeness (QED) is 0.309. The van der Waals surface area contributed by atoms with Crippen molar-refractivity contribution in [3.63, 3.8) is 0 Å². The Bertz CT molecular complexity index is 1490. The summed E-state index contributed by atoms with van der Waals surface area (Å²) < 4.78 is 3.56. The Balaban J connectivity index is 1.39. The lowest BCUT2D eigenvalue weighted by molar-refractivity contribution is -0.130. The molecule has 0 spiro atoms. The minimum Gasteiger partial charge on any atom is -0.341 e. The highest BCUT2D eigenvalue weighted by Crippen LogP contribution is 2.31. The summed E-state index contributed by atoms with van der Waals surface area (Å²) in [7, 11) is 0. The van der Waals surface area contributed by atoms with E-state index in [0.717, 1.165) is 21.9 Å². The van der Waals surface area contributed by atoms with Crippen LogP contribution in [-0.4, -0.2) is 53.9 Å². The average molecular weight is 498 g/mol. The number of imide groups is 1. The molecule has 0 unspecified atom stereocenters. The summed E-state index contributed by atoms with van der Waals surface area (Å²) in [5.74, 6) is -0.791. The predicted molar refractivity (Wildman–Crippen MR) is 135 cm³/mol. The standard InChI is InChI=1S/C27H27N7O3/c1-17-13-23(19(3)34(17)18(2)20-9-6-5-7-10-20)24(35)15-32-25(36)27(4,29-26(32)37)21-11-8-12-22(14-21)33-16-28-30-31-33/h5-14,16,18H,15H2,1-4H3,(H,29,37)/t18-,27+/m0/s1. The van der Waals surface area contributed by atoms with Crippen molar-refractivity contribution in [1.29, 1.82) is 0 Å². The van der Waals surface area contributed by atoms with Crippen LogP contribution in [0.1, 0.15) is 52.8 Å². The second-order valence-corrected chi connectivity index (χ2v) is 9.42. The maximum atomic E-state index is 13.5. The van der Waals surface area contributed by atoms with Gasteiger partial charge in [-0.2, -0.15) is 0 Å². The Hall–Kier alpha value is -4.60. The smallest absolute Gasteiger partial charge is 0.325 e. The van der Waals surface area contributed by atoms with Crippen molar-refractivity contribution in [2.75, 3.05) is 6.54 Å². The minimum atomic E-state index is -1.33. The van der Waals surface area contributed by atoms with E-state index in [0.29, 0.717) is 16.8 Å². The van der Waals surface area contributed by atoms with Gasteiger partial charge in [-0.25, -0.2) is 9.48 Å². The zero-order valence-electron chi connectivity index (χ0n) is 21.0. The van der Waals surface area contributed by atoms with Crippen LogP contribution in [0.5, 0.6) is 0 Å². The molecule has 0 radical (unpaired) electrons. The van der Waals surface area contributed by atoms with Crippen molar-refractivity contribution < 1.29 is 14.4 Å². The number of tetrazole rings is 1. The first kappa shape index (κ1) is 24.1. The first-order valence-corrected chi connectivity index (χ1v) is 12.0. The Morgan fingerprint density at radius 1 is 1.05 bits per heavy atom. The van der Waals surface area contributed by atoms with Gasteiger partial charge in [0.05, 0.1) is 18.3 Å². The fraction of sp³-hybridized carbons (Fsp3) is 0.259. The second kappa shape index (κ2) is 9.12. The Morgan fingerprint density at radius 3 is 2.51 bits per heavy atom. The van der Waals surface area contributed by atoms with E-state index in [9.17, 15) is 14.4 Å². The fourth-order valence-electron chi connectivity index (χ4n) is 5.04. The lowest BCUT2D eigenvalue weighted by Crippen LogP contribution is -2.41. The molecule has 10 heteroatoms. The zero-order chi connectivity index (χ0) is 26.3. The van der Waals surface area contributed by atoms with E-state index in [1.165, 1.54) is 11.0 Å². The van der Waals surface area contributed by atoms with Crippen molar-refractivity contribution in [2.45, 2.75) is 39.3 Å². The molecule has 0 saturated carbocycles. The molecule has 0 bridgehead atoms. The number of nitrogens with one attached hydrogen (secondary N) is 1. The Labute approximate surface area is 213 Å². The number of aryl methyl sites for hydroxylation is 1. The van der Waals surface area contributed by atoms with E-state index in [1.807, 2.05) is 50.2 Å². The third-order valence-corrected chi connectivity index (χ3v) is 7.07. The van der Waals surface area contributed by atoms with Gasteiger partial charge in [0.25, 0.3) is 5.91 Å². The first-order chi connectivity index (χ1) is 17.7. The molecule has 10 nitrogen and oxygen atoms in total. The van der Waals surface area contributed by atoms with Crippen LogP contribution in [0.3, 0.4) is 0 Å². The van der Waals surface area contributed by atoms with Crippen LogP contribution in [-0.2, 0) is 10.3 Å². The molecule has 4 aromatic rings. The number of nitrogens with zero attached hydrogens (tertiary/aromatic N) is 6. The third kappa shape index (κ3) is 4.10. The minimum absolute atomic E-state index is 0.0234. The number of carbonyl (C=O) groups is 3. The van der Waals surface area contributed by atoms with Gasteiger partial charge in [-0.3, -0.25) is 14.5 Å². The van der Waals surface area contributed by atoms with Crippen molar-refractivity contribution in [2.24, 2.45) is 0 Å². The lowest BCUT2D eigenvalue weighted by Gasteiger charge is -2.22. The maximum absolute atomic E-state index is 13.5. The van der Waals surface area contributed by atoms with Gasteiger partial charge >= 0.3 is 6.03 Å². The van der Waals surface area contributed by atoms with E-state index in [2.05, 4.69) is 32.3 Å². The van der Waals surface area contributed by atoms with Gasteiger partial charge in [-0.1, -0.05) is 42.5 Å². The SMILES string of the molecule is Cc1cc(C(=O)CN2C(=O)N[C@](C)(c3cccc(-n4cnnn4)c3)C2=O)c(C)n1[C@@H](C)c1ccccc1. The highest BCUT2D eigenvalue weighted by atomic mass is 16.2. The molecule has 3 amide bonds. The molecule has 3 heterocycles. The van der Waals surface area contributed by atoms with Crippen LogP contribution in [0, 0.1) is 13.8 Å². The number of amides is 3. The van der Waals surface area contributed by atoms with Crippen molar-refractivity contribution >= 4 is 17.7 Å². The van der Waals surface area contributed by atoms with Gasteiger partial charge in [0.2, 0.25) is 0 Å². The molecule has 2 atom stereocenters. The molecule has 5 rings (SSSR count). The number of Topliss-reactive ketones (excluding diaryl/α,β-unsaturated/α-hetero) is 1. The highest BCUT2D eigenvalue weighted by molar-refractivity contribution is 6.11. The average Bonchev–Trinajstić information content (AvgIpc) is 3.59. The molecule has 37 heavy (non-hydrogen) atoms. The summed E-state index contributed by atoms with van der Waals surface area (Å²) >= 11 is 0. The first-order valence-electron chi connectivity index (χ1n) is 12.0. The summed E-state index contributed by atoms with van der Waals surface area (Å²) in [5.41, 5.74) is 3.21. The monoisotopic (exact) mass is 497 g/mol. The molecule has 2 aromatic carbocycles. The maximum Gasteiger partial charge on any atom is 0.325 e. The third-order valence-electron chi connectivity index (χ3n) is 7.07. The molecule has 188 valence electrons. The Morgan fingerprint density at radius 2 is 1.81 bits per heavy atom. The van der Waals surface area contributed by atoms with Gasteiger partial charge in [-0.05, 0) is 67.4 Å². The van der Waals surface area contributed by atoms with Crippen LogP contribution in [0.2, 0.25) is 0 Å². The molecule has 2 aromatic heterocycles. The number of carbonyl (C=O) groups excluding carboxylic acids is 3. The number of urea groups is 1. The molecular weight excluding hydrogens is 470 g/mol. The number of benzene rings is 2. The molecule has 1 N–H and O–H groups in total. The van der Waals surface area contributed by atoms with E-state index >= 15 is 0 Å². The van der Waals surface area contributed by atoms with Gasteiger partial charge in [0.15, 0.2) is 5.78 Å². The summed E-state index contributed by atoms with van der Waals surface area (Å²) in [6.07, 6.45) is 1.44.